The normalized spacial score (nSPS) is 13.5. The lowest BCUT2D eigenvalue weighted by atomic mass is 10.2. The maximum absolute atomic E-state index is 12.0. The van der Waals surface area contributed by atoms with Gasteiger partial charge in [0.05, 0.1) is 4.90 Å². The van der Waals surface area contributed by atoms with E-state index in [1.165, 1.54) is 0 Å². The Hall–Kier alpha value is -0.890. The molecule has 6 nitrogen and oxygen atoms in total. The number of halogens is 1. The second kappa shape index (κ2) is 6.33. The number of hydrogen-bond donors (Lipinski definition) is 3. The minimum atomic E-state index is -3.75. The third-order valence-corrected chi connectivity index (χ3v) is 4.21. The molecular formula is C10H15ClN2O4S. The Morgan fingerprint density at radius 3 is 2.72 bits per heavy atom. The van der Waals surface area contributed by atoms with E-state index in [0.29, 0.717) is 12.8 Å². The summed E-state index contributed by atoms with van der Waals surface area (Å²) in [5.41, 5.74) is -0.544. The van der Waals surface area contributed by atoms with Crippen molar-refractivity contribution in [1.29, 1.82) is 0 Å². The summed E-state index contributed by atoms with van der Waals surface area (Å²) in [5, 5.41) is 8.63. The van der Waals surface area contributed by atoms with E-state index in [2.05, 4.69) is 9.71 Å². The largest absolute Gasteiger partial charge is 0.396 e. The summed E-state index contributed by atoms with van der Waals surface area (Å²) in [5.74, 6) is 0. The molecule has 102 valence electrons. The molecule has 18 heavy (non-hydrogen) atoms. The van der Waals surface area contributed by atoms with Gasteiger partial charge in [0.25, 0.3) is 5.56 Å². The minimum Gasteiger partial charge on any atom is -0.396 e. The molecule has 1 aromatic heterocycles. The van der Waals surface area contributed by atoms with Crippen LogP contribution in [-0.2, 0) is 10.0 Å². The Labute approximate surface area is 110 Å². The Morgan fingerprint density at radius 2 is 2.22 bits per heavy atom. The van der Waals surface area contributed by atoms with E-state index in [0.717, 1.165) is 12.3 Å². The second-order valence-corrected chi connectivity index (χ2v) is 5.87. The monoisotopic (exact) mass is 294 g/mol. The molecule has 0 aliphatic heterocycles. The predicted octanol–water partition coefficient (Wildman–Crippen LogP) is 0.468. The lowest BCUT2D eigenvalue weighted by molar-refractivity contribution is 0.270. The van der Waals surface area contributed by atoms with E-state index in [9.17, 15) is 13.2 Å². The molecule has 0 saturated heterocycles. The molecule has 1 rings (SSSR count). The SMILES string of the molecule is CCC(CCO)NS(=O)(=O)c1c[nH]c(=O)c(Cl)c1. The zero-order chi connectivity index (χ0) is 13.8. The van der Waals surface area contributed by atoms with Gasteiger partial charge in [-0.1, -0.05) is 18.5 Å². The highest BCUT2D eigenvalue weighted by atomic mass is 35.5. The summed E-state index contributed by atoms with van der Waals surface area (Å²) < 4.78 is 26.4. The van der Waals surface area contributed by atoms with Crippen LogP contribution in [0, 0.1) is 0 Å². The Balaban J connectivity index is 2.98. The average Bonchev–Trinajstić information content (AvgIpc) is 2.31. The zero-order valence-electron chi connectivity index (χ0n) is 9.81. The fourth-order valence-electron chi connectivity index (χ4n) is 1.38. The van der Waals surface area contributed by atoms with E-state index in [1.807, 2.05) is 6.92 Å². The third kappa shape index (κ3) is 3.81. The number of nitrogens with one attached hydrogen (secondary N) is 2. The molecule has 1 atom stereocenters. The zero-order valence-corrected chi connectivity index (χ0v) is 11.4. The van der Waals surface area contributed by atoms with Crippen LogP contribution in [0.15, 0.2) is 22.0 Å². The Bertz CT molecular complexity index is 555. The van der Waals surface area contributed by atoms with E-state index in [4.69, 9.17) is 16.7 Å². The molecule has 0 aliphatic carbocycles. The van der Waals surface area contributed by atoms with E-state index >= 15 is 0 Å². The highest BCUT2D eigenvalue weighted by Crippen LogP contribution is 2.12. The average molecular weight is 295 g/mol. The first kappa shape index (κ1) is 15.2. The number of hydrogen-bond acceptors (Lipinski definition) is 4. The van der Waals surface area contributed by atoms with Crippen molar-refractivity contribution in [2.45, 2.75) is 30.7 Å². The van der Waals surface area contributed by atoms with Gasteiger partial charge in [-0.25, -0.2) is 13.1 Å². The lowest BCUT2D eigenvalue weighted by Gasteiger charge is -2.15. The van der Waals surface area contributed by atoms with Crippen molar-refractivity contribution in [3.63, 3.8) is 0 Å². The minimum absolute atomic E-state index is 0.104. The van der Waals surface area contributed by atoms with Crippen molar-refractivity contribution in [3.05, 3.63) is 27.6 Å². The van der Waals surface area contributed by atoms with Crippen LogP contribution in [0.1, 0.15) is 19.8 Å². The van der Waals surface area contributed by atoms with Gasteiger partial charge in [-0.3, -0.25) is 4.79 Å². The van der Waals surface area contributed by atoms with Crippen LogP contribution in [0.25, 0.3) is 0 Å². The van der Waals surface area contributed by atoms with Crippen molar-refractivity contribution in [1.82, 2.24) is 9.71 Å². The van der Waals surface area contributed by atoms with Crippen LogP contribution in [0.3, 0.4) is 0 Å². The van der Waals surface area contributed by atoms with Crippen LogP contribution in [0.4, 0.5) is 0 Å². The van der Waals surface area contributed by atoms with Crippen LogP contribution in [-0.4, -0.2) is 31.2 Å². The molecule has 1 aromatic rings. The van der Waals surface area contributed by atoms with Gasteiger partial charge in [0.15, 0.2) is 0 Å². The van der Waals surface area contributed by atoms with Crippen molar-refractivity contribution in [2.24, 2.45) is 0 Å². The fraction of sp³-hybridized carbons (Fsp3) is 0.500. The van der Waals surface area contributed by atoms with Gasteiger partial charge >= 0.3 is 0 Å². The van der Waals surface area contributed by atoms with Crippen molar-refractivity contribution in [2.75, 3.05) is 6.61 Å². The molecular weight excluding hydrogens is 280 g/mol. The first-order valence-electron chi connectivity index (χ1n) is 5.42. The summed E-state index contributed by atoms with van der Waals surface area (Å²) in [4.78, 5) is 13.2. The van der Waals surface area contributed by atoms with Gasteiger partial charge in [-0.05, 0) is 18.9 Å². The smallest absolute Gasteiger partial charge is 0.266 e. The van der Waals surface area contributed by atoms with Gasteiger partial charge in [0.2, 0.25) is 10.0 Å². The summed E-state index contributed by atoms with van der Waals surface area (Å²) in [6.45, 7) is 1.70. The standard InChI is InChI=1S/C10H15ClN2O4S/c1-2-7(3-4-14)13-18(16,17)8-5-9(11)10(15)12-6-8/h5-7,13-14H,2-4H2,1H3,(H,12,15). The molecule has 0 saturated carbocycles. The molecule has 0 bridgehead atoms. The highest BCUT2D eigenvalue weighted by Gasteiger charge is 2.19. The predicted molar refractivity (Wildman–Crippen MR) is 68.2 cm³/mol. The van der Waals surface area contributed by atoms with Gasteiger partial charge < -0.3 is 10.1 Å². The molecule has 0 aromatic carbocycles. The Morgan fingerprint density at radius 1 is 1.56 bits per heavy atom. The van der Waals surface area contributed by atoms with Gasteiger partial charge in [0.1, 0.15) is 5.02 Å². The first-order chi connectivity index (χ1) is 8.40. The van der Waals surface area contributed by atoms with Gasteiger partial charge in [0, 0.05) is 18.8 Å². The Kier molecular flexibility index (Phi) is 5.33. The number of sulfonamides is 1. The summed E-state index contributed by atoms with van der Waals surface area (Å²) in [6, 6.07) is 0.736. The fourth-order valence-corrected chi connectivity index (χ4v) is 2.97. The van der Waals surface area contributed by atoms with Crippen LogP contribution < -0.4 is 10.3 Å². The number of aliphatic hydroxyl groups excluding tert-OH is 1. The molecule has 0 amide bonds. The number of aromatic amines is 1. The second-order valence-electron chi connectivity index (χ2n) is 3.75. The molecule has 0 aliphatic rings. The molecule has 0 spiro atoms. The van der Waals surface area contributed by atoms with Crippen molar-refractivity contribution in [3.8, 4) is 0 Å². The number of pyridine rings is 1. The van der Waals surface area contributed by atoms with Crippen molar-refractivity contribution >= 4 is 21.6 Å². The number of H-pyrrole nitrogens is 1. The number of rotatable bonds is 6. The molecule has 0 radical (unpaired) electrons. The maximum atomic E-state index is 12.0. The summed E-state index contributed by atoms with van der Waals surface area (Å²) in [7, 11) is -3.75. The third-order valence-electron chi connectivity index (χ3n) is 2.43. The summed E-state index contributed by atoms with van der Waals surface area (Å²) >= 11 is 5.58. The summed E-state index contributed by atoms with van der Waals surface area (Å²) in [6.07, 6.45) is 1.96. The lowest BCUT2D eigenvalue weighted by Crippen LogP contribution is -2.35. The molecule has 0 fully saturated rings. The van der Waals surface area contributed by atoms with E-state index in [-0.39, 0.29) is 22.6 Å². The maximum Gasteiger partial charge on any atom is 0.266 e. The quantitative estimate of drug-likeness (QED) is 0.710. The molecule has 8 heteroatoms. The molecule has 3 N–H and O–H groups in total. The van der Waals surface area contributed by atoms with Crippen LogP contribution in [0.5, 0.6) is 0 Å². The van der Waals surface area contributed by atoms with Gasteiger partial charge in [-0.15, -0.1) is 0 Å². The highest BCUT2D eigenvalue weighted by molar-refractivity contribution is 7.89. The van der Waals surface area contributed by atoms with Crippen molar-refractivity contribution < 1.29 is 13.5 Å². The first-order valence-corrected chi connectivity index (χ1v) is 7.28. The topological polar surface area (TPSA) is 99.3 Å². The van der Waals surface area contributed by atoms with Gasteiger partial charge in [-0.2, -0.15) is 0 Å². The van der Waals surface area contributed by atoms with E-state index in [1.54, 1.807) is 0 Å². The van der Waals surface area contributed by atoms with E-state index < -0.39 is 15.6 Å². The molecule has 1 heterocycles. The number of aliphatic hydroxyl groups is 1. The van der Waals surface area contributed by atoms with Crippen LogP contribution >= 0.6 is 11.6 Å². The number of aromatic nitrogens is 1. The molecule has 1 unspecified atom stereocenters. The van der Waals surface area contributed by atoms with Crippen LogP contribution in [0.2, 0.25) is 5.02 Å².